The first-order valence-electron chi connectivity index (χ1n) is 11.6. The molecule has 4 rings (SSSR count). The van der Waals surface area contributed by atoms with Crippen LogP contribution in [0, 0.1) is 12.8 Å². The summed E-state index contributed by atoms with van der Waals surface area (Å²) in [7, 11) is 1.60. The topological polar surface area (TPSA) is 61.9 Å². The Labute approximate surface area is 201 Å². The van der Waals surface area contributed by atoms with Crippen molar-refractivity contribution in [3.63, 3.8) is 0 Å². The van der Waals surface area contributed by atoms with Gasteiger partial charge in [-0.05, 0) is 68.8 Å². The summed E-state index contributed by atoms with van der Waals surface area (Å²) < 4.78 is 5.31. The number of para-hydroxylation sites is 1. The Hall–Kier alpha value is -3.80. The zero-order chi connectivity index (χ0) is 24.2. The van der Waals surface area contributed by atoms with E-state index in [0.29, 0.717) is 18.0 Å². The molecular formula is C28H31N3O3. The maximum atomic E-state index is 13.0. The number of hydrogen-bond acceptors (Lipinski definition) is 4. The molecule has 0 radical (unpaired) electrons. The van der Waals surface area contributed by atoms with Gasteiger partial charge in [0.1, 0.15) is 5.75 Å². The Morgan fingerprint density at radius 1 is 1.03 bits per heavy atom. The van der Waals surface area contributed by atoms with Crippen LogP contribution in [0.5, 0.6) is 5.75 Å². The second-order valence-corrected chi connectivity index (χ2v) is 8.89. The smallest absolute Gasteiger partial charge is 0.229 e. The molecular weight excluding hydrogens is 426 g/mol. The average Bonchev–Trinajstić information content (AvgIpc) is 3.22. The molecule has 3 aromatic carbocycles. The van der Waals surface area contributed by atoms with Crippen LogP contribution in [0.1, 0.15) is 25.8 Å². The minimum Gasteiger partial charge on any atom is -0.497 e. The van der Waals surface area contributed by atoms with E-state index in [2.05, 4.69) is 36.2 Å². The number of nitrogens with one attached hydrogen (secondary N) is 1. The van der Waals surface area contributed by atoms with E-state index in [1.807, 2.05) is 67.6 Å². The summed E-state index contributed by atoms with van der Waals surface area (Å²) in [6, 6.07) is 24.0. The highest BCUT2D eigenvalue weighted by Crippen LogP contribution is 2.32. The first kappa shape index (κ1) is 23.4. The number of hydrogen-bond donors (Lipinski definition) is 1. The predicted octanol–water partition coefficient (Wildman–Crippen LogP) is 5.54. The van der Waals surface area contributed by atoms with Gasteiger partial charge in [-0.15, -0.1) is 0 Å². The van der Waals surface area contributed by atoms with E-state index in [9.17, 15) is 9.59 Å². The van der Waals surface area contributed by atoms with Crippen molar-refractivity contribution in [3.05, 3.63) is 78.4 Å². The quantitative estimate of drug-likeness (QED) is 0.506. The molecule has 1 saturated heterocycles. The summed E-state index contributed by atoms with van der Waals surface area (Å²) in [5.74, 6) is 0.0804. The van der Waals surface area contributed by atoms with Gasteiger partial charge in [-0.25, -0.2) is 0 Å². The lowest BCUT2D eigenvalue weighted by Crippen LogP contribution is -2.28. The minimum absolute atomic E-state index is 0.0534. The van der Waals surface area contributed by atoms with Crippen LogP contribution >= 0.6 is 0 Å². The lowest BCUT2D eigenvalue weighted by atomic mass is 10.1. The number of rotatable bonds is 7. The number of methoxy groups -OCH3 is 1. The average molecular weight is 458 g/mol. The fraction of sp³-hybridized carbons (Fsp3) is 0.286. The fourth-order valence-electron chi connectivity index (χ4n) is 4.41. The van der Waals surface area contributed by atoms with E-state index in [1.54, 1.807) is 12.0 Å². The molecule has 0 saturated carbocycles. The number of carbonyl (C=O) groups excluding carboxylic acids is 2. The maximum Gasteiger partial charge on any atom is 0.229 e. The van der Waals surface area contributed by atoms with Crippen molar-refractivity contribution in [1.82, 2.24) is 0 Å². The summed E-state index contributed by atoms with van der Waals surface area (Å²) in [6.45, 7) is 6.60. The Balaban J connectivity index is 1.45. The van der Waals surface area contributed by atoms with Gasteiger partial charge in [0, 0.05) is 42.1 Å². The van der Waals surface area contributed by atoms with Gasteiger partial charge in [0.2, 0.25) is 11.8 Å². The lowest BCUT2D eigenvalue weighted by molar-refractivity contribution is -0.122. The van der Waals surface area contributed by atoms with Crippen molar-refractivity contribution >= 4 is 34.6 Å². The predicted molar refractivity (Wildman–Crippen MR) is 137 cm³/mol. The summed E-state index contributed by atoms with van der Waals surface area (Å²) in [6.07, 6.45) is 0.190. The van der Waals surface area contributed by atoms with Crippen molar-refractivity contribution < 1.29 is 14.3 Å². The maximum absolute atomic E-state index is 13.0. The van der Waals surface area contributed by atoms with Crippen molar-refractivity contribution in [2.75, 3.05) is 28.8 Å². The minimum atomic E-state index is -0.408. The van der Waals surface area contributed by atoms with Gasteiger partial charge in [-0.3, -0.25) is 9.59 Å². The highest BCUT2D eigenvalue weighted by Gasteiger charge is 2.36. The molecule has 0 bridgehead atoms. The highest BCUT2D eigenvalue weighted by atomic mass is 16.5. The Morgan fingerprint density at radius 2 is 1.71 bits per heavy atom. The summed E-state index contributed by atoms with van der Waals surface area (Å²) in [5, 5.41) is 2.99. The van der Waals surface area contributed by atoms with E-state index in [0.717, 1.165) is 22.6 Å². The van der Waals surface area contributed by atoms with Crippen LogP contribution in [0.3, 0.4) is 0 Å². The van der Waals surface area contributed by atoms with Crippen LogP contribution in [0.15, 0.2) is 72.8 Å². The number of aryl methyl sites for hydroxylation is 1. The van der Waals surface area contributed by atoms with Gasteiger partial charge in [-0.2, -0.15) is 0 Å². The molecule has 1 N–H and O–H groups in total. The van der Waals surface area contributed by atoms with E-state index < -0.39 is 5.92 Å². The molecule has 6 nitrogen and oxygen atoms in total. The number of nitrogens with zero attached hydrogens (tertiary/aromatic N) is 2. The molecule has 0 spiro atoms. The molecule has 6 heteroatoms. The number of amides is 2. The van der Waals surface area contributed by atoms with Crippen LogP contribution in [0.25, 0.3) is 0 Å². The van der Waals surface area contributed by atoms with Crippen molar-refractivity contribution in [2.45, 2.75) is 33.2 Å². The third-order valence-electron chi connectivity index (χ3n) is 6.17. The number of anilines is 4. The van der Waals surface area contributed by atoms with Gasteiger partial charge in [0.25, 0.3) is 0 Å². The van der Waals surface area contributed by atoms with Crippen molar-refractivity contribution in [1.29, 1.82) is 0 Å². The Bertz CT molecular complexity index is 1160. The first-order chi connectivity index (χ1) is 16.4. The highest BCUT2D eigenvalue weighted by molar-refractivity contribution is 6.04. The molecule has 176 valence electrons. The first-order valence-corrected chi connectivity index (χ1v) is 11.6. The molecule has 1 atom stereocenters. The molecule has 0 aliphatic carbocycles. The van der Waals surface area contributed by atoms with Gasteiger partial charge >= 0.3 is 0 Å². The SMILES string of the molecule is COc1ccc(C)c(N2CC(C(=O)Nc3ccc(N(c4ccccc4)C(C)C)cc3)CC2=O)c1. The van der Waals surface area contributed by atoms with Gasteiger partial charge in [0.05, 0.1) is 18.7 Å². The largest absolute Gasteiger partial charge is 0.497 e. The Morgan fingerprint density at radius 3 is 2.35 bits per heavy atom. The molecule has 1 unspecified atom stereocenters. The summed E-state index contributed by atoms with van der Waals surface area (Å²) in [5.41, 5.74) is 4.65. The number of carbonyl (C=O) groups is 2. The molecule has 1 aliphatic rings. The molecule has 1 heterocycles. The van der Waals surface area contributed by atoms with Crippen molar-refractivity contribution in [3.8, 4) is 5.75 Å². The second kappa shape index (κ2) is 10.00. The standard InChI is InChI=1S/C28H31N3O3/c1-19(2)31(23-8-6-5-7-9-23)24-13-11-22(12-14-24)29-28(33)21-16-27(32)30(18-21)26-17-25(34-4)15-10-20(26)3/h5-15,17,19,21H,16,18H2,1-4H3,(H,29,33). The van der Waals surface area contributed by atoms with Crippen LogP contribution < -0.4 is 19.9 Å². The van der Waals surface area contributed by atoms with E-state index in [1.165, 1.54) is 0 Å². The number of ether oxygens (including phenoxy) is 1. The van der Waals surface area contributed by atoms with E-state index >= 15 is 0 Å². The zero-order valence-corrected chi connectivity index (χ0v) is 20.1. The molecule has 3 aromatic rings. The molecule has 1 aliphatic heterocycles. The second-order valence-electron chi connectivity index (χ2n) is 8.89. The van der Waals surface area contributed by atoms with Crippen LogP contribution in [0.4, 0.5) is 22.7 Å². The molecule has 1 fully saturated rings. The van der Waals surface area contributed by atoms with E-state index in [4.69, 9.17) is 4.74 Å². The lowest BCUT2D eigenvalue weighted by Gasteiger charge is -2.29. The monoisotopic (exact) mass is 457 g/mol. The summed E-state index contributed by atoms with van der Waals surface area (Å²) in [4.78, 5) is 29.6. The molecule has 2 amide bonds. The fourth-order valence-corrected chi connectivity index (χ4v) is 4.41. The van der Waals surface area contributed by atoms with Crippen LogP contribution in [-0.2, 0) is 9.59 Å². The van der Waals surface area contributed by atoms with Gasteiger partial charge < -0.3 is 19.9 Å². The number of benzene rings is 3. The van der Waals surface area contributed by atoms with Crippen molar-refractivity contribution in [2.24, 2.45) is 5.92 Å². The Kier molecular flexibility index (Phi) is 6.87. The third-order valence-corrected chi connectivity index (χ3v) is 6.17. The van der Waals surface area contributed by atoms with Crippen LogP contribution in [0.2, 0.25) is 0 Å². The van der Waals surface area contributed by atoms with E-state index in [-0.39, 0.29) is 24.3 Å². The zero-order valence-electron chi connectivity index (χ0n) is 20.1. The van der Waals surface area contributed by atoms with Crippen LogP contribution in [-0.4, -0.2) is 31.5 Å². The molecule has 34 heavy (non-hydrogen) atoms. The molecule has 0 aromatic heterocycles. The third kappa shape index (κ3) is 4.91. The van der Waals surface area contributed by atoms with Gasteiger partial charge in [-0.1, -0.05) is 24.3 Å². The van der Waals surface area contributed by atoms with Gasteiger partial charge in [0.15, 0.2) is 0 Å². The normalized spacial score (nSPS) is 15.5. The summed E-state index contributed by atoms with van der Waals surface area (Å²) >= 11 is 0.